The number of aromatic nitrogens is 3. The van der Waals surface area contributed by atoms with Crippen LogP contribution in [0.1, 0.15) is 66.0 Å². The van der Waals surface area contributed by atoms with Gasteiger partial charge in [0.1, 0.15) is 22.6 Å². The van der Waals surface area contributed by atoms with Crippen LogP contribution in [0, 0.1) is 11.3 Å². The van der Waals surface area contributed by atoms with Gasteiger partial charge < -0.3 is 25.0 Å². The van der Waals surface area contributed by atoms with E-state index in [0.29, 0.717) is 47.0 Å². The zero-order chi connectivity index (χ0) is 28.7. The lowest BCUT2D eigenvalue weighted by molar-refractivity contribution is -0.127. The number of carbonyl (C=O) groups excluding carboxylic acids is 1. The minimum Gasteiger partial charge on any atom is -0.389 e. The first-order valence-corrected chi connectivity index (χ1v) is 15.2. The van der Waals surface area contributed by atoms with E-state index in [-0.39, 0.29) is 5.91 Å². The maximum atomic E-state index is 12.1. The van der Waals surface area contributed by atoms with E-state index in [2.05, 4.69) is 53.7 Å². The van der Waals surface area contributed by atoms with Crippen LogP contribution in [0.25, 0.3) is 11.5 Å². The highest BCUT2D eigenvalue weighted by Gasteiger charge is 2.43. The molecule has 10 nitrogen and oxygen atoms in total. The maximum Gasteiger partial charge on any atom is 0.245 e. The van der Waals surface area contributed by atoms with Crippen molar-refractivity contribution in [1.82, 2.24) is 24.9 Å². The molecule has 0 aromatic carbocycles. The first-order valence-electron chi connectivity index (χ1n) is 14.3. The molecule has 3 aliphatic rings. The van der Waals surface area contributed by atoms with Crippen LogP contribution < -0.4 is 10.6 Å². The maximum absolute atomic E-state index is 12.1. The number of thiophene rings is 1. The first kappa shape index (κ1) is 27.4. The van der Waals surface area contributed by atoms with Crippen LogP contribution in [0.3, 0.4) is 0 Å². The molecule has 3 aromatic rings. The normalized spacial score (nSPS) is 21.9. The van der Waals surface area contributed by atoms with Gasteiger partial charge in [-0.15, -0.1) is 11.3 Å². The largest absolute Gasteiger partial charge is 0.389 e. The lowest BCUT2D eigenvalue weighted by Crippen LogP contribution is -2.45. The number of nitrogen functional groups attached to an aromatic ring is 1. The lowest BCUT2D eigenvalue weighted by atomic mass is 9.72. The number of carbonyl (C=O) groups is 1. The highest BCUT2D eigenvalue weighted by atomic mass is 32.1. The molecule has 2 saturated heterocycles. The predicted octanol–water partition coefficient (Wildman–Crippen LogP) is 3.93. The predicted molar refractivity (Wildman–Crippen MR) is 159 cm³/mol. The fourth-order valence-corrected chi connectivity index (χ4v) is 7.70. The van der Waals surface area contributed by atoms with E-state index < -0.39 is 5.41 Å². The highest BCUT2D eigenvalue weighted by molar-refractivity contribution is 7.16. The number of likely N-dealkylation sites (N-methyl/N-ethyl adjacent to an activating group) is 1. The topological polar surface area (TPSA) is 128 Å². The molecule has 0 radical (unpaired) electrons. The minimum absolute atomic E-state index is 0.0115. The smallest absolute Gasteiger partial charge is 0.245 e. The molecule has 0 bridgehead atoms. The third kappa shape index (κ3) is 5.00. The third-order valence-corrected chi connectivity index (χ3v) is 10.1. The second-order valence-electron chi connectivity index (χ2n) is 11.6. The number of aryl methyl sites for hydroxylation is 1. The first-order chi connectivity index (χ1) is 19.8. The van der Waals surface area contributed by atoms with E-state index in [1.54, 1.807) is 0 Å². The Balaban J connectivity index is 1.36. The van der Waals surface area contributed by atoms with Gasteiger partial charge >= 0.3 is 0 Å². The summed E-state index contributed by atoms with van der Waals surface area (Å²) in [6.45, 7) is 10.9. The van der Waals surface area contributed by atoms with Gasteiger partial charge in [0.2, 0.25) is 17.6 Å². The van der Waals surface area contributed by atoms with Crippen molar-refractivity contribution in [2.24, 2.45) is 0 Å². The summed E-state index contributed by atoms with van der Waals surface area (Å²) in [6.07, 6.45) is 5.80. The zero-order valence-corrected chi connectivity index (χ0v) is 24.5. The van der Waals surface area contributed by atoms with Crippen molar-refractivity contribution in [2.45, 2.75) is 50.4 Å². The van der Waals surface area contributed by atoms with E-state index in [4.69, 9.17) is 20.2 Å². The molecule has 3 aromatic heterocycles. The average molecular weight is 573 g/mol. The molecular weight excluding hydrogens is 536 g/mol. The Labute approximate surface area is 244 Å². The molecule has 2 N–H and O–H groups in total. The summed E-state index contributed by atoms with van der Waals surface area (Å²) in [4.78, 5) is 29.8. The Kier molecular flexibility index (Phi) is 7.30. The number of pyridine rings is 1. The van der Waals surface area contributed by atoms with Crippen LogP contribution in [0.4, 0.5) is 10.8 Å². The van der Waals surface area contributed by atoms with Crippen LogP contribution in [-0.2, 0) is 16.6 Å². The van der Waals surface area contributed by atoms with Crippen molar-refractivity contribution >= 4 is 28.1 Å². The lowest BCUT2D eigenvalue weighted by Gasteiger charge is -2.35. The number of likely N-dealkylation sites (tertiary alicyclic amines) is 1. The summed E-state index contributed by atoms with van der Waals surface area (Å²) in [5.41, 5.74) is 8.98. The summed E-state index contributed by atoms with van der Waals surface area (Å²) >= 11 is 1.49. The molecule has 11 heteroatoms. The van der Waals surface area contributed by atoms with Crippen molar-refractivity contribution in [3.8, 4) is 17.6 Å². The fourth-order valence-electron chi connectivity index (χ4n) is 6.51. The summed E-state index contributed by atoms with van der Waals surface area (Å²) in [7, 11) is 2.14. The van der Waals surface area contributed by atoms with E-state index in [9.17, 15) is 10.1 Å². The molecule has 2 aliphatic heterocycles. The molecule has 0 spiro atoms. The number of anilines is 2. The minimum atomic E-state index is -0.583. The second-order valence-corrected chi connectivity index (χ2v) is 12.7. The molecule has 1 amide bonds. The SMILES string of the molecule is C=CC(=O)N1CCC(c2cc(-c3noc(C4(C)CCCc5sc(N)c(C#N)c54)n3)nc(N3CCN(C)CC3)c2)CC1. The average Bonchev–Trinajstić information content (AvgIpc) is 3.63. The number of piperidine rings is 1. The Morgan fingerprint density at radius 1 is 1.22 bits per heavy atom. The number of rotatable bonds is 5. The molecule has 5 heterocycles. The number of hydrogen-bond donors (Lipinski definition) is 1. The van der Waals surface area contributed by atoms with Crippen LogP contribution in [0.5, 0.6) is 0 Å². The summed E-state index contributed by atoms with van der Waals surface area (Å²) in [5, 5.41) is 14.9. The van der Waals surface area contributed by atoms with Gasteiger partial charge in [-0.3, -0.25) is 4.79 Å². The number of hydrogen-bond acceptors (Lipinski definition) is 10. The van der Waals surface area contributed by atoms with E-state index in [1.807, 2.05) is 4.90 Å². The van der Waals surface area contributed by atoms with E-state index in [0.717, 1.165) is 74.5 Å². The van der Waals surface area contributed by atoms with Crippen molar-refractivity contribution in [3.63, 3.8) is 0 Å². The number of nitrogens with zero attached hydrogens (tertiary/aromatic N) is 7. The standard InChI is InChI=1S/C30H36N8O2S/c1-4-25(39)38-10-7-19(8-11-38)20-16-22(33-24(17-20)37-14-12-36(3)13-15-37)28-34-29(40-35-28)30(2)9-5-6-23-26(30)21(18-31)27(32)41-23/h4,16-17,19H,1,5-15,32H2,2-3H3. The van der Waals surface area contributed by atoms with E-state index in [1.165, 1.54) is 23.0 Å². The highest BCUT2D eigenvalue weighted by Crippen LogP contribution is 2.48. The van der Waals surface area contributed by atoms with Gasteiger partial charge in [-0.05, 0) is 75.8 Å². The summed E-state index contributed by atoms with van der Waals surface area (Å²) in [5.74, 6) is 2.15. The quantitative estimate of drug-likeness (QED) is 0.452. The molecule has 6 rings (SSSR count). The van der Waals surface area contributed by atoms with E-state index >= 15 is 0 Å². The molecule has 214 valence electrons. The van der Waals surface area contributed by atoms with Gasteiger partial charge in [-0.25, -0.2) is 4.98 Å². The van der Waals surface area contributed by atoms with Gasteiger partial charge in [0.15, 0.2) is 0 Å². The van der Waals surface area contributed by atoms with Gasteiger partial charge in [-0.1, -0.05) is 11.7 Å². The second kappa shape index (κ2) is 10.9. The zero-order valence-electron chi connectivity index (χ0n) is 23.7. The number of piperazine rings is 1. The van der Waals surface area contributed by atoms with Crippen LogP contribution >= 0.6 is 11.3 Å². The molecule has 41 heavy (non-hydrogen) atoms. The fraction of sp³-hybridized carbons (Fsp3) is 0.500. The monoisotopic (exact) mass is 572 g/mol. The molecule has 1 aliphatic carbocycles. The van der Waals surface area contributed by atoms with Crippen LogP contribution in [-0.4, -0.2) is 77.1 Å². The van der Waals surface area contributed by atoms with Crippen LogP contribution in [0.2, 0.25) is 0 Å². The molecule has 1 atom stereocenters. The Morgan fingerprint density at radius 2 is 1.98 bits per heavy atom. The molecule has 2 fully saturated rings. The van der Waals surface area contributed by atoms with Gasteiger partial charge in [0, 0.05) is 49.7 Å². The van der Waals surface area contributed by atoms with Gasteiger partial charge in [0.25, 0.3) is 0 Å². The van der Waals surface area contributed by atoms with Crippen molar-refractivity contribution in [1.29, 1.82) is 5.26 Å². The number of nitriles is 1. The Morgan fingerprint density at radius 3 is 2.68 bits per heavy atom. The third-order valence-electron chi connectivity index (χ3n) is 8.99. The number of amides is 1. The molecule has 0 saturated carbocycles. The number of nitrogens with two attached hydrogens (primary N) is 1. The Bertz CT molecular complexity index is 1510. The summed E-state index contributed by atoms with van der Waals surface area (Å²) < 4.78 is 5.94. The van der Waals surface area contributed by atoms with Crippen molar-refractivity contribution in [3.05, 3.63) is 52.2 Å². The molecular formula is C30H36N8O2S. The van der Waals surface area contributed by atoms with Gasteiger partial charge in [0.05, 0.1) is 11.0 Å². The summed E-state index contributed by atoms with van der Waals surface area (Å²) in [6, 6.07) is 6.60. The van der Waals surface area contributed by atoms with Crippen LogP contribution in [0.15, 0.2) is 29.3 Å². The van der Waals surface area contributed by atoms with Crippen molar-refractivity contribution in [2.75, 3.05) is 56.9 Å². The van der Waals surface area contributed by atoms with Crippen molar-refractivity contribution < 1.29 is 9.32 Å². The number of fused-ring (bicyclic) bond motifs is 1. The van der Waals surface area contributed by atoms with Gasteiger partial charge in [-0.2, -0.15) is 10.2 Å². The Hall–Kier alpha value is -3.75. The molecule has 1 unspecified atom stereocenters.